The van der Waals surface area contributed by atoms with E-state index in [4.69, 9.17) is 16.6 Å². The van der Waals surface area contributed by atoms with E-state index < -0.39 is 17.3 Å². The molecule has 1 unspecified atom stereocenters. The first-order valence-corrected chi connectivity index (χ1v) is 10.1. The maximum absolute atomic E-state index is 12.6. The van der Waals surface area contributed by atoms with Crippen molar-refractivity contribution in [3.05, 3.63) is 60.2 Å². The van der Waals surface area contributed by atoms with Crippen molar-refractivity contribution in [2.75, 3.05) is 5.73 Å². The van der Waals surface area contributed by atoms with Gasteiger partial charge in [-0.2, -0.15) is 10.1 Å². The van der Waals surface area contributed by atoms with Gasteiger partial charge in [-0.15, -0.1) is 0 Å². The van der Waals surface area contributed by atoms with Gasteiger partial charge in [-0.3, -0.25) is 14.3 Å². The Morgan fingerprint density at radius 3 is 2.41 bits per heavy atom. The molecule has 164 valence electrons. The van der Waals surface area contributed by atoms with Crippen LogP contribution in [0.25, 0.3) is 11.1 Å². The van der Waals surface area contributed by atoms with E-state index in [-0.39, 0.29) is 29.8 Å². The molecule has 32 heavy (non-hydrogen) atoms. The molecule has 1 amide bonds. The summed E-state index contributed by atoms with van der Waals surface area (Å²) in [6.45, 7) is 1.66. The van der Waals surface area contributed by atoms with E-state index in [1.807, 2.05) is 31.2 Å². The molecule has 0 aliphatic heterocycles. The lowest BCUT2D eigenvalue weighted by Crippen LogP contribution is -2.41. The molecular formula is C22H23N7O3. The first-order chi connectivity index (χ1) is 15.3. The van der Waals surface area contributed by atoms with Gasteiger partial charge in [-0.25, -0.2) is 9.97 Å². The highest BCUT2D eigenvalue weighted by Crippen LogP contribution is 2.47. The highest BCUT2D eigenvalue weighted by molar-refractivity contribution is 6.06. The fraction of sp³-hybridized carbons (Fsp3) is 0.273. The van der Waals surface area contributed by atoms with Gasteiger partial charge >= 0.3 is 5.97 Å². The zero-order chi connectivity index (χ0) is 22.9. The Bertz CT molecular complexity index is 1180. The van der Waals surface area contributed by atoms with Gasteiger partial charge in [0.15, 0.2) is 0 Å². The van der Waals surface area contributed by atoms with E-state index in [9.17, 15) is 9.59 Å². The first kappa shape index (κ1) is 21.2. The third-order valence-electron chi connectivity index (χ3n) is 5.82. The third kappa shape index (κ3) is 4.20. The molecule has 1 saturated carbocycles. The predicted molar refractivity (Wildman–Crippen MR) is 118 cm³/mol. The van der Waals surface area contributed by atoms with Crippen LogP contribution in [0.3, 0.4) is 0 Å². The standard InChI is InChI=1S/C22H23N7O3/c1-22(17-6-7-17,16-4-2-13(3-5-16)14-8-25-21(24)26-9-14)20(23)28-19(32)15-10-27-29(11-15)12-18(30)31/h2-5,8-11,17H,6-7,12H2,1H3,(H,30,31)(H2,23,28,32)(H2,24,25,26). The topological polar surface area (TPSA) is 162 Å². The molecule has 2 heterocycles. The van der Waals surface area contributed by atoms with Crippen LogP contribution in [0.15, 0.2) is 54.0 Å². The van der Waals surface area contributed by atoms with E-state index in [1.165, 1.54) is 17.1 Å². The molecule has 0 spiro atoms. The molecule has 1 aromatic carbocycles. The zero-order valence-electron chi connectivity index (χ0n) is 17.5. The van der Waals surface area contributed by atoms with Gasteiger partial charge in [0.1, 0.15) is 12.4 Å². The number of rotatable bonds is 7. The monoisotopic (exact) mass is 433 g/mol. The summed E-state index contributed by atoms with van der Waals surface area (Å²) in [7, 11) is 0. The van der Waals surface area contributed by atoms with Gasteiger partial charge in [-0.05, 0) is 36.8 Å². The van der Waals surface area contributed by atoms with E-state index in [2.05, 4.69) is 20.1 Å². The summed E-state index contributed by atoms with van der Waals surface area (Å²) in [4.78, 5) is 35.7. The fourth-order valence-corrected chi connectivity index (χ4v) is 3.74. The van der Waals surface area contributed by atoms with Crippen LogP contribution >= 0.6 is 0 Å². The Morgan fingerprint density at radius 2 is 1.81 bits per heavy atom. The summed E-state index contributed by atoms with van der Waals surface area (Å²) < 4.78 is 1.17. The molecule has 0 bridgehead atoms. The van der Waals surface area contributed by atoms with Gasteiger partial charge in [0, 0.05) is 24.2 Å². The second-order valence-corrected chi connectivity index (χ2v) is 8.01. The van der Waals surface area contributed by atoms with Crippen LogP contribution in [0.4, 0.5) is 5.95 Å². The van der Waals surface area contributed by atoms with E-state index in [1.54, 1.807) is 12.4 Å². The van der Waals surface area contributed by atoms with Crippen LogP contribution in [0.2, 0.25) is 0 Å². The normalized spacial score (nSPS) is 15.8. The minimum atomic E-state index is -1.05. The molecule has 4 rings (SSSR count). The van der Waals surface area contributed by atoms with Crippen molar-refractivity contribution in [1.29, 1.82) is 0 Å². The number of nitrogen functional groups attached to an aromatic ring is 1. The number of carboxylic acid groups (broad SMARTS) is 1. The second-order valence-electron chi connectivity index (χ2n) is 8.01. The van der Waals surface area contributed by atoms with Gasteiger partial charge in [0.05, 0.1) is 17.2 Å². The van der Waals surface area contributed by atoms with E-state index in [0.717, 1.165) is 29.5 Å². The average Bonchev–Trinajstić information content (AvgIpc) is 3.53. The summed E-state index contributed by atoms with van der Waals surface area (Å²) in [5, 5.41) is 12.7. The summed E-state index contributed by atoms with van der Waals surface area (Å²) in [5.41, 5.74) is 14.3. The van der Waals surface area contributed by atoms with E-state index in [0.29, 0.717) is 0 Å². The highest BCUT2D eigenvalue weighted by atomic mass is 16.4. The zero-order valence-corrected chi connectivity index (χ0v) is 17.5. The molecule has 2 aromatic heterocycles. The maximum atomic E-state index is 12.6. The lowest BCUT2D eigenvalue weighted by molar-refractivity contribution is -0.137. The van der Waals surface area contributed by atoms with Crippen molar-refractivity contribution in [3.63, 3.8) is 0 Å². The number of hydrogen-bond donors (Lipinski definition) is 3. The number of carboxylic acids is 1. The van der Waals surface area contributed by atoms with Crippen LogP contribution in [0, 0.1) is 5.92 Å². The number of nitrogens with two attached hydrogens (primary N) is 2. The van der Waals surface area contributed by atoms with Crippen molar-refractivity contribution in [1.82, 2.24) is 19.7 Å². The predicted octanol–water partition coefficient (Wildman–Crippen LogP) is 1.87. The lowest BCUT2D eigenvalue weighted by atomic mass is 9.76. The third-order valence-corrected chi connectivity index (χ3v) is 5.82. The number of nitrogens with zero attached hydrogens (tertiary/aromatic N) is 5. The van der Waals surface area contributed by atoms with Crippen LogP contribution in [-0.2, 0) is 16.8 Å². The minimum absolute atomic E-state index is 0.186. The van der Waals surface area contributed by atoms with Crippen LogP contribution in [0.1, 0.15) is 35.7 Å². The van der Waals surface area contributed by atoms with Gasteiger partial charge in [-0.1, -0.05) is 24.3 Å². The molecule has 1 aliphatic carbocycles. The minimum Gasteiger partial charge on any atom is -0.480 e. The Balaban J connectivity index is 1.60. The molecule has 5 N–H and O–H groups in total. The summed E-state index contributed by atoms with van der Waals surface area (Å²) in [6, 6.07) is 7.86. The Morgan fingerprint density at radius 1 is 1.16 bits per heavy atom. The van der Waals surface area contributed by atoms with Crippen molar-refractivity contribution in [2.45, 2.75) is 31.7 Å². The highest BCUT2D eigenvalue weighted by Gasteiger charge is 2.46. The summed E-state index contributed by atoms with van der Waals surface area (Å²) >= 11 is 0. The number of aliphatic imine (C=N–C) groups is 1. The number of aliphatic carboxylic acids is 1. The van der Waals surface area contributed by atoms with Gasteiger partial charge in [0.2, 0.25) is 5.95 Å². The van der Waals surface area contributed by atoms with Crippen LogP contribution in [-0.4, -0.2) is 42.6 Å². The van der Waals surface area contributed by atoms with Crippen LogP contribution < -0.4 is 11.5 Å². The number of anilines is 1. The molecule has 10 nitrogen and oxygen atoms in total. The summed E-state index contributed by atoms with van der Waals surface area (Å²) in [5.74, 6) is -0.889. The average molecular weight is 433 g/mol. The maximum Gasteiger partial charge on any atom is 0.325 e. The van der Waals surface area contributed by atoms with Crippen molar-refractivity contribution < 1.29 is 14.7 Å². The molecule has 1 atom stereocenters. The Labute approximate surface area is 184 Å². The number of carbonyl (C=O) groups is 2. The molecular weight excluding hydrogens is 410 g/mol. The van der Waals surface area contributed by atoms with Crippen LogP contribution in [0.5, 0.6) is 0 Å². The van der Waals surface area contributed by atoms with E-state index >= 15 is 0 Å². The number of carbonyl (C=O) groups excluding carboxylic acids is 1. The largest absolute Gasteiger partial charge is 0.480 e. The van der Waals surface area contributed by atoms with Gasteiger partial charge < -0.3 is 16.6 Å². The first-order valence-electron chi connectivity index (χ1n) is 10.1. The number of amidine groups is 1. The molecule has 1 aliphatic rings. The quantitative estimate of drug-likeness (QED) is 0.375. The number of hydrogen-bond acceptors (Lipinski definition) is 6. The number of amides is 1. The smallest absolute Gasteiger partial charge is 0.325 e. The molecule has 10 heteroatoms. The molecule has 3 aromatic rings. The fourth-order valence-electron chi connectivity index (χ4n) is 3.74. The molecule has 0 saturated heterocycles. The number of aromatic nitrogens is 4. The van der Waals surface area contributed by atoms with Crippen molar-refractivity contribution >= 4 is 23.7 Å². The summed E-state index contributed by atoms with van der Waals surface area (Å²) in [6.07, 6.45) is 7.95. The second kappa shape index (κ2) is 8.22. The van der Waals surface area contributed by atoms with Crippen molar-refractivity contribution in [3.8, 4) is 11.1 Å². The lowest BCUT2D eigenvalue weighted by Gasteiger charge is -2.30. The SMILES string of the molecule is CC(C(N)=NC(=O)c1cnn(CC(=O)O)c1)(c1ccc(-c2cnc(N)nc2)cc1)C1CC1. The van der Waals surface area contributed by atoms with Gasteiger partial charge in [0.25, 0.3) is 5.91 Å². The Hall–Kier alpha value is -4.08. The molecule has 1 fully saturated rings. The molecule has 0 radical (unpaired) electrons. The number of benzene rings is 1. The van der Waals surface area contributed by atoms with Crippen molar-refractivity contribution in [2.24, 2.45) is 16.6 Å². The Kier molecular flexibility index (Phi) is 5.43.